The molecule has 0 aliphatic carbocycles. The zero-order valence-corrected chi connectivity index (χ0v) is 13.5. The lowest BCUT2D eigenvalue weighted by Crippen LogP contribution is -2.28. The predicted octanol–water partition coefficient (Wildman–Crippen LogP) is 1.99. The lowest BCUT2D eigenvalue weighted by Gasteiger charge is -2.08. The molecule has 2 rings (SSSR count). The molecule has 6 nitrogen and oxygen atoms in total. The van der Waals surface area contributed by atoms with Crippen LogP contribution in [0.1, 0.15) is 23.7 Å². The van der Waals surface area contributed by atoms with Crippen LogP contribution in [0.2, 0.25) is 0 Å². The molecule has 1 saturated heterocycles. The van der Waals surface area contributed by atoms with Gasteiger partial charge in [0.15, 0.2) is 11.0 Å². The molecule has 120 valence electrons. The fraction of sp³-hybridized carbons (Fsp3) is 0.250. The van der Waals surface area contributed by atoms with E-state index in [2.05, 4.69) is 22.2 Å². The van der Waals surface area contributed by atoms with Crippen LogP contribution in [0.5, 0.6) is 0 Å². The van der Waals surface area contributed by atoms with Gasteiger partial charge in [0.05, 0.1) is 6.54 Å². The standard InChI is InChI=1S/C16H17N3O3S/c1-3-7-17-16-19-15(22)13(23-16)9-14(21)18-12-6-4-5-11(8-12)10(2)20/h3-6,8,13H,1,7,9H2,2H3,(H,18,21)(H,17,19,22)/t13-/m1/s1. The Labute approximate surface area is 138 Å². The van der Waals surface area contributed by atoms with Crippen molar-refractivity contribution >= 4 is 40.2 Å². The molecule has 2 amide bonds. The second-order valence-electron chi connectivity index (χ2n) is 4.92. The summed E-state index contributed by atoms with van der Waals surface area (Å²) in [6, 6.07) is 6.69. The van der Waals surface area contributed by atoms with Crippen molar-refractivity contribution in [3.63, 3.8) is 0 Å². The molecule has 2 N–H and O–H groups in total. The number of nitrogens with one attached hydrogen (secondary N) is 2. The van der Waals surface area contributed by atoms with Crippen LogP contribution in [-0.2, 0) is 9.59 Å². The highest BCUT2D eigenvalue weighted by Crippen LogP contribution is 2.23. The first-order chi connectivity index (χ1) is 11.0. The number of anilines is 1. The molecule has 0 aromatic heterocycles. The summed E-state index contributed by atoms with van der Waals surface area (Å²) >= 11 is 1.23. The molecule has 0 radical (unpaired) electrons. The number of thioether (sulfide) groups is 1. The fourth-order valence-corrected chi connectivity index (χ4v) is 2.94. The zero-order chi connectivity index (χ0) is 16.8. The van der Waals surface area contributed by atoms with Crippen molar-refractivity contribution in [1.29, 1.82) is 0 Å². The van der Waals surface area contributed by atoms with Gasteiger partial charge in [-0.3, -0.25) is 19.4 Å². The van der Waals surface area contributed by atoms with Gasteiger partial charge in [-0.25, -0.2) is 0 Å². The van der Waals surface area contributed by atoms with Crippen molar-refractivity contribution in [2.45, 2.75) is 18.6 Å². The van der Waals surface area contributed by atoms with E-state index in [0.29, 0.717) is 23.0 Å². The van der Waals surface area contributed by atoms with Gasteiger partial charge in [0, 0.05) is 17.7 Å². The van der Waals surface area contributed by atoms with E-state index in [0.717, 1.165) is 0 Å². The Morgan fingerprint density at radius 1 is 1.48 bits per heavy atom. The van der Waals surface area contributed by atoms with Crippen molar-refractivity contribution in [2.24, 2.45) is 4.99 Å². The smallest absolute Gasteiger partial charge is 0.240 e. The van der Waals surface area contributed by atoms with Crippen LogP contribution in [0.4, 0.5) is 5.69 Å². The molecule has 1 aromatic carbocycles. The van der Waals surface area contributed by atoms with E-state index in [-0.39, 0.29) is 24.0 Å². The van der Waals surface area contributed by atoms with Crippen molar-refractivity contribution in [2.75, 3.05) is 11.9 Å². The number of rotatable bonds is 6. The molecule has 1 aromatic rings. The first-order valence-corrected chi connectivity index (χ1v) is 7.91. The SMILES string of the molecule is C=CCN=C1NC(=O)[C@@H](CC(=O)Nc2cccc(C(C)=O)c2)S1. The van der Waals surface area contributed by atoms with E-state index >= 15 is 0 Å². The van der Waals surface area contributed by atoms with Crippen LogP contribution in [0.15, 0.2) is 41.9 Å². The number of amides is 2. The average molecular weight is 331 g/mol. The third-order valence-corrected chi connectivity index (χ3v) is 4.18. The summed E-state index contributed by atoms with van der Waals surface area (Å²) in [4.78, 5) is 39.3. The topological polar surface area (TPSA) is 87.6 Å². The lowest BCUT2D eigenvalue weighted by molar-refractivity contribution is -0.122. The third kappa shape index (κ3) is 4.79. The van der Waals surface area contributed by atoms with Gasteiger partial charge in [-0.2, -0.15) is 0 Å². The van der Waals surface area contributed by atoms with E-state index in [9.17, 15) is 14.4 Å². The summed E-state index contributed by atoms with van der Waals surface area (Å²) in [6.07, 6.45) is 1.66. The monoisotopic (exact) mass is 331 g/mol. The predicted molar refractivity (Wildman–Crippen MR) is 91.7 cm³/mol. The van der Waals surface area contributed by atoms with Gasteiger partial charge in [0.2, 0.25) is 11.8 Å². The number of hydrogen-bond donors (Lipinski definition) is 2. The number of carbonyl (C=O) groups is 3. The van der Waals surface area contributed by atoms with Gasteiger partial charge in [0.25, 0.3) is 0 Å². The Bertz CT molecular complexity index is 685. The van der Waals surface area contributed by atoms with Gasteiger partial charge in [-0.05, 0) is 19.1 Å². The van der Waals surface area contributed by atoms with E-state index in [4.69, 9.17) is 0 Å². The Hall–Kier alpha value is -2.41. The highest BCUT2D eigenvalue weighted by atomic mass is 32.2. The third-order valence-electron chi connectivity index (χ3n) is 3.06. The maximum Gasteiger partial charge on any atom is 0.240 e. The molecule has 1 fully saturated rings. The van der Waals surface area contributed by atoms with Crippen molar-refractivity contribution in [3.8, 4) is 0 Å². The number of Topliss-reactive ketones (excluding diaryl/α,β-unsaturated/α-hetero) is 1. The van der Waals surface area contributed by atoms with Crippen LogP contribution in [-0.4, -0.2) is 34.6 Å². The molecular formula is C16H17N3O3S. The molecule has 0 saturated carbocycles. The van der Waals surface area contributed by atoms with E-state index < -0.39 is 5.25 Å². The van der Waals surface area contributed by atoms with Gasteiger partial charge < -0.3 is 10.6 Å². The van der Waals surface area contributed by atoms with Gasteiger partial charge >= 0.3 is 0 Å². The van der Waals surface area contributed by atoms with Crippen LogP contribution in [0.3, 0.4) is 0 Å². The van der Waals surface area contributed by atoms with Gasteiger partial charge in [-0.1, -0.05) is 30.0 Å². The minimum atomic E-state index is -0.505. The summed E-state index contributed by atoms with van der Waals surface area (Å²) in [6.45, 7) is 5.44. The van der Waals surface area contributed by atoms with Crippen molar-refractivity contribution in [1.82, 2.24) is 5.32 Å². The quantitative estimate of drug-likeness (QED) is 0.616. The van der Waals surface area contributed by atoms with Crippen molar-refractivity contribution in [3.05, 3.63) is 42.5 Å². The molecular weight excluding hydrogens is 314 g/mol. The maximum atomic E-state index is 12.1. The average Bonchev–Trinajstić information content (AvgIpc) is 2.85. The molecule has 1 atom stereocenters. The molecule has 1 aliphatic heterocycles. The van der Waals surface area contributed by atoms with Gasteiger partial charge in [0.1, 0.15) is 5.25 Å². The molecule has 1 heterocycles. The highest BCUT2D eigenvalue weighted by Gasteiger charge is 2.31. The van der Waals surface area contributed by atoms with E-state index in [1.165, 1.54) is 18.7 Å². The maximum absolute atomic E-state index is 12.1. The second-order valence-corrected chi connectivity index (χ2v) is 6.11. The van der Waals surface area contributed by atoms with E-state index in [1.54, 1.807) is 30.3 Å². The number of benzene rings is 1. The number of aliphatic imine (C=N–C) groups is 1. The molecule has 23 heavy (non-hydrogen) atoms. The zero-order valence-electron chi connectivity index (χ0n) is 12.7. The largest absolute Gasteiger partial charge is 0.326 e. The number of amidine groups is 1. The van der Waals surface area contributed by atoms with Gasteiger partial charge in [-0.15, -0.1) is 6.58 Å². The Kier molecular flexibility index (Phi) is 5.70. The summed E-state index contributed by atoms with van der Waals surface area (Å²) in [5.41, 5.74) is 1.06. The summed E-state index contributed by atoms with van der Waals surface area (Å²) in [7, 11) is 0. The minimum Gasteiger partial charge on any atom is -0.326 e. The summed E-state index contributed by atoms with van der Waals surface area (Å²) < 4.78 is 0. The van der Waals surface area contributed by atoms with Crippen LogP contribution >= 0.6 is 11.8 Å². The Morgan fingerprint density at radius 3 is 2.96 bits per heavy atom. The summed E-state index contributed by atoms with van der Waals surface area (Å²) in [5.74, 6) is -0.594. The number of nitrogens with zero attached hydrogens (tertiary/aromatic N) is 1. The Balaban J connectivity index is 1.95. The highest BCUT2D eigenvalue weighted by molar-refractivity contribution is 8.15. The second kappa shape index (κ2) is 7.73. The first kappa shape index (κ1) is 17.0. The fourth-order valence-electron chi connectivity index (χ4n) is 1.96. The molecule has 7 heteroatoms. The first-order valence-electron chi connectivity index (χ1n) is 7.03. The minimum absolute atomic E-state index is 0.0356. The van der Waals surface area contributed by atoms with Crippen LogP contribution < -0.4 is 10.6 Å². The molecule has 0 spiro atoms. The molecule has 1 aliphatic rings. The number of hydrogen-bond acceptors (Lipinski definition) is 5. The van der Waals surface area contributed by atoms with Crippen molar-refractivity contribution < 1.29 is 14.4 Å². The lowest BCUT2D eigenvalue weighted by atomic mass is 10.1. The van der Waals surface area contributed by atoms with Crippen LogP contribution in [0, 0.1) is 0 Å². The summed E-state index contributed by atoms with van der Waals surface area (Å²) in [5, 5.41) is 5.34. The van der Waals surface area contributed by atoms with Crippen LogP contribution in [0.25, 0.3) is 0 Å². The normalized spacial score (nSPS) is 18.6. The Morgan fingerprint density at radius 2 is 2.26 bits per heavy atom. The van der Waals surface area contributed by atoms with E-state index in [1.807, 2.05) is 0 Å². The molecule has 0 bridgehead atoms. The number of ketones is 1. The number of carbonyl (C=O) groups excluding carboxylic acids is 3. The molecule has 0 unspecified atom stereocenters.